The molecule has 1 atom stereocenters. The van der Waals surface area contributed by atoms with Crippen molar-refractivity contribution in [1.29, 1.82) is 0 Å². The van der Waals surface area contributed by atoms with Crippen molar-refractivity contribution in [3.63, 3.8) is 0 Å². The first-order valence-corrected chi connectivity index (χ1v) is 4.96. The van der Waals surface area contributed by atoms with Crippen molar-refractivity contribution in [2.45, 2.75) is 18.4 Å². The van der Waals surface area contributed by atoms with Crippen molar-refractivity contribution in [2.24, 2.45) is 0 Å². The standard InChI is InChI=1S/C11H13F2NO/c12-9-2-1-8(10(13)5-9)6-11(15)3-4-14-7-11/h1-2,5,14-15H,3-4,6-7H2. The van der Waals surface area contributed by atoms with Crippen molar-refractivity contribution in [1.82, 2.24) is 5.32 Å². The molecule has 2 N–H and O–H groups in total. The number of hydrogen-bond donors (Lipinski definition) is 2. The van der Waals surface area contributed by atoms with Gasteiger partial charge in [0.05, 0.1) is 5.60 Å². The molecule has 0 saturated carbocycles. The highest BCUT2D eigenvalue weighted by Gasteiger charge is 2.31. The number of benzene rings is 1. The van der Waals surface area contributed by atoms with Gasteiger partial charge >= 0.3 is 0 Å². The summed E-state index contributed by atoms with van der Waals surface area (Å²) in [5.74, 6) is -1.18. The third-order valence-corrected chi connectivity index (χ3v) is 2.76. The van der Waals surface area contributed by atoms with E-state index in [1.807, 2.05) is 0 Å². The summed E-state index contributed by atoms with van der Waals surface area (Å²) in [4.78, 5) is 0. The van der Waals surface area contributed by atoms with E-state index < -0.39 is 17.2 Å². The average molecular weight is 213 g/mol. The first-order valence-electron chi connectivity index (χ1n) is 4.96. The molecule has 2 nitrogen and oxygen atoms in total. The fourth-order valence-electron chi connectivity index (χ4n) is 1.90. The lowest BCUT2D eigenvalue weighted by Gasteiger charge is -2.21. The normalized spacial score (nSPS) is 25.8. The topological polar surface area (TPSA) is 32.3 Å². The second kappa shape index (κ2) is 3.87. The minimum absolute atomic E-state index is 0.228. The highest BCUT2D eigenvalue weighted by atomic mass is 19.1. The van der Waals surface area contributed by atoms with E-state index in [4.69, 9.17) is 0 Å². The number of β-amino-alcohol motifs (C(OH)–C–C–N with tert-alkyl or cyclic N) is 1. The fraction of sp³-hybridized carbons (Fsp3) is 0.455. The Labute approximate surface area is 86.9 Å². The van der Waals surface area contributed by atoms with Gasteiger partial charge in [0.15, 0.2) is 0 Å². The average Bonchev–Trinajstić information content (AvgIpc) is 2.58. The summed E-state index contributed by atoms with van der Waals surface area (Å²) < 4.78 is 25.9. The Balaban J connectivity index is 2.16. The Hall–Kier alpha value is -1.00. The number of hydrogen-bond acceptors (Lipinski definition) is 2. The summed E-state index contributed by atoms with van der Waals surface area (Å²) in [6.07, 6.45) is 0.829. The summed E-state index contributed by atoms with van der Waals surface area (Å²) in [5.41, 5.74) is -0.527. The smallest absolute Gasteiger partial charge is 0.129 e. The summed E-state index contributed by atoms with van der Waals surface area (Å²) in [6, 6.07) is 3.45. The molecule has 82 valence electrons. The van der Waals surface area contributed by atoms with Gasteiger partial charge in [-0.1, -0.05) is 6.07 Å². The Morgan fingerprint density at radius 2 is 2.20 bits per heavy atom. The van der Waals surface area contributed by atoms with Gasteiger partial charge in [-0.25, -0.2) is 8.78 Å². The lowest BCUT2D eigenvalue weighted by atomic mass is 9.93. The summed E-state index contributed by atoms with van der Waals surface area (Å²) >= 11 is 0. The van der Waals surface area contributed by atoms with Gasteiger partial charge in [0, 0.05) is 19.0 Å². The Morgan fingerprint density at radius 3 is 2.80 bits per heavy atom. The molecule has 1 unspecified atom stereocenters. The second-order valence-electron chi connectivity index (χ2n) is 4.06. The zero-order valence-electron chi connectivity index (χ0n) is 8.26. The molecular weight excluding hydrogens is 200 g/mol. The van der Waals surface area contributed by atoms with Gasteiger partial charge in [0.25, 0.3) is 0 Å². The van der Waals surface area contributed by atoms with Gasteiger partial charge in [-0.2, -0.15) is 0 Å². The van der Waals surface area contributed by atoms with E-state index in [9.17, 15) is 13.9 Å². The maximum absolute atomic E-state index is 13.3. The summed E-state index contributed by atoms with van der Waals surface area (Å²) in [5, 5.41) is 13.0. The molecule has 0 amide bonds. The van der Waals surface area contributed by atoms with E-state index in [2.05, 4.69) is 5.32 Å². The monoisotopic (exact) mass is 213 g/mol. The van der Waals surface area contributed by atoms with Crippen LogP contribution < -0.4 is 5.32 Å². The minimum Gasteiger partial charge on any atom is -0.388 e. The molecule has 0 aliphatic carbocycles. The lowest BCUT2D eigenvalue weighted by molar-refractivity contribution is 0.0609. The van der Waals surface area contributed by atoms with Gasteiger partial charge in [-0.05, 0) is 24.6 Å². The van der Waals surface area contributed by atoms with Crippen molar-refractivity contribution in [3.05, 3.63) is 35.4 Å². The first kappa shape index (κ1) is 10.5. The Kier molecular flexibility index (Phi) is 2.71. The first-order chi connectivity index (χ1) is 7.09. The van der Waals surface area contributed by atoms with Gasteiger partial charge in [0.2, 0.25) is 0 Å². The lowest BCUT2D eigenvalue weighted by Crippen LogP contribution is -2.34. The fourth-order valence-corrected chi connectivity index (χ4v) is 1.90. The highest BCUT2D eigenvalue weighted by Crippen LogP contribution is 2.22. The Morgan fingerprint density at radius 1 is 1.40 bits per heavy atom. The molecule has 0 radical (unpaired) electrons. The molecule has 1 saturated heterocycles. The van der Waals surface area contributed by atoms with Crippen molar-refractivity contribution in [2.75, 3.05) is 13.1 Å². The number of aliphatic hydroxyl groups is 1. The molecule has 1 aromatic rings. The summed E-state index contributed by atoms with van der Waals surface area (Å²) in [6.45, 7) is 1.20. The quantitative estimate of drug-likeness (QED) is 0.774. The van der Waals surface area contributed by atoms with Crippen LogP contribution in [0, 0.1) is 11.6 Å². The molecule has 4 heteroatoms. The van der Waals surface area contributed by atoms with Crippen LogP contribution >= 0.6 is 0 Å². The van der Waals surface area contributed by atoms with Crippen LogP contribution in [0.3, 0.4) is 0 Å². The maximum atomic E-state index is 13.3. The molecular formula is C11H13F2NO. The van der Waals surface area contributed by atoms with E-state index in [-0.39, 0.29) is 6.42 Å². The number of halogens is 2. The second-order valence-corrected chi connectivity index (χ2v) is 4.06. The van der Waals surface area contributed by atoms with E-state index in [1.54, 1.807) is 0 Å². The molecule has 0 aromatic heterocycles. The van der Waals surface area contributed by atoms with Gasteiger partial charge in [-0.15, -0.1) is 0 Å². The van der Waals surface area contributed by atoms with Crippen LogP contribution in [0.1, 0.15) is 12.0 Å². The van der Waals surface area contributed by atoms with Crippen LogP contribution in [0.4, 0.5) is 8.78 Å². The predicted octanol–water partition coefficient (Wildman–Crippen LogP) is 1.23. The highest BCUT2D eigenvalue weighted by molar-refractivity contribution is 5.21. The number of rotatable bonds is 2. The molecule has 1 heterocycles. The van der Waals surface area contributed by atoms with E-state index in [0.29, 0.717) is 18.5 Å². The van der Waals surface area contributed by atoms with Crippen LogP contribution in [0.15, 0.2) is 18.2 Å². The van der Waals surface area contributed by atoms with Gasteiger partial charge in [-0.3, -0.25) is 0 Å². The SMILES string of the molecule is OC1(Cc2ccc(F)cc2F)CCNC1. The molecule has 2 rings (SSSR count). The van der Waals surface area contributed by atoms with Crippen LogP contribution in [-0.4, -0.2) is 23.8 Å². The maximum Gasteiger partial charge on any atom is 0.129 e. The van der Waals surface area contributed by atoms with Crippen LogP contribution in [0.25, 0.3) is 0 Å². The van der Waals surface area contributed by atoms with Crippen molar-refractivity contribution < 1.29 is 13.9 Å². The van der Waals surface area contributed by atoms with Gasteiger partial charge in [0.1, 0.15) is 11.6 Å². The summed E-state index contributed by atoms with van der Waals surface area (Å²) in [7, 11) is 0. The molecule has 0 spiro atoms. The predicted molar refractivity (Wildman–Crippen MR) is 52.5 cm³/mol. The van der Waals surface area contributed by atoms with Crippen LogP contribution in [-0.2, 0) is 6.42 Å². The molecule has 1 aromatic carbocycles. The van der Waals surface area contributed by atoms with Gasteiger partial charge < -0.3 is 10.4 Å². The Bertz CT molecular complexity index is 362. The largest absolute Gasteiger partial charge is 0.388 e. The third-order valence-electron chi connectivity index (χ3n) is 2.76. The van der Waals surface area contributed by atoms with E-state index in [0.717, 1.165) is 12.6 Å². The van der Waals surface area contributed by atoms with E-state index in [1.165, 1.54) is 12.1 Å². The molecule has 15 heavy (non-hydrogen) atoms. The van der Waals surface area contributed by atoms with E-state index >= 15 is 0 Å². The zero-order chi connectivity index (χ0) is 10.9. The third kappa shape index (κ3) is 2.33. The van der Waals surface area contributed by atoms with Crippen molar-refractivity contribution >= 4 is 0 Å². The minimum atomic E-state index is -0.890. The molecule has 1 fully saturated rings. The van der Waals surface area contributed by atoms with Crippen molar-refractivity contribution in [3.8, 4) is 0 Å². The molecule has 0 bridgehead atoms. The number of nitrogens with one attached hydrogen (secondary N) is 1. The molecule has 1 aliphatic heterocycles. The van der Waals surface area contributed by atoms with Crippen LogP contribution in [0.2, 0.25) is 0 Å². The van der Waals surface area contributed by atoms with Crippen LogP contribution in [0.5, 0.6) is 0 Å². The molecule has 1 aliphatic rings. The zero-order valence-corrected chi connectivity index (χ0v) is 8.26.